The van der Waals surface area contributed by atoms with E-state index in [1.165, 1.54) is 42.4 Å². The summed E-state index contributed by atoms with van der Waals surface area (Å²) < 4.78 is 0. The van der Waals surface area contributed by atoms with Gasteiger partial charge in [0.05, 0.1) is 5.69 Å². The molecule has 1 saturated carbocycles. The number of hydrogen-bond acceptors (Lipinski definition) is 1. The highest BCUT2D eigenvalue weighted by molar-refractivity contribution is 5.52. The summed E-state index contributed by atoms with van der Waals surface area (Å²) in [4.78, 5) is 4.00. The molecule has 0 aromatic heterocycles. The molecule has 0 bridgehead atoms. The van der Waals surface area contributed by atoms with Crippen molar-refractivity contribution in [3.63, 3.8) is 0 Å². The van der Waals surface area contributed by atoms with Gasteiger partial charge >= 0.3 is 0 Å². The third-order valence-electron chi connectivity index (χ3n) is 4.76. The van der Waals surface area contributed by atoms with Crippen LogP contribution in [0.5, 0.6) is 0 Å². The van der Waals surface area contributed by atoms with Gasteiger partial charge in [-0.1, -0.05) is 61.9 Å². The molecule has 0 N–H and O–H groups in total. The predicted octanol–water partition coefficient (Wildman–Crippen LogP) is 5.52. The highest BCUT2D eigenvalue weighted by Gasteiger charge is 2.37. The van der Waals surface area contributed by atoms with Gasteiger partial charge in [0.2, 0.25) is 0 Å². The lowest BCUT2D eigenvalue weighted by Crippen LogP contribution is -2.23. The fourth-order valence-corrected chi connectivity index (χ4v) is 3.55. The van der Waals surface area contributed by atoms with Crippen molar-refractivity contribution in [2.75, 3.05) is 0 Å². The van der Waals surface area contributed by atoms with Crippen molar-refractivity contribution in [3.8, 4) is 0 Å². The summed E-state index contributed by atoms with van der Waals surface area (Å²) in [6.45, 7) is 7.43. The van der Waals surface area contributed by atoms with E-state index in [-0.39, 0.29) is 5.41 Å². The molecule has 1 fully saturated rings. The first-order valence-corrected chi connectivity index (χ1v) is 7.59. The van der Waals surface area contributed by atoms with Crippen LogP contribution in [0, 0.1) is 0 Å². The molecule has 0 spiro atoms. The van der Waals surface area contributed by atoms with Gasteiger partial charge in [0.25, 0.3) is 0 Å². The second kappa shape index (κ2) is 5.69. The SMILES string of the molecule is C=Cc1ccc(C2(c3ccc(N=C)cc3)CCCC2)cc1. The van der Waals surface area contributed by atoms with Crippen LogP contribution in [0.1, 0.15) is 42.4 Å². The van der Waals surface area contributed by atoms with Gasteiger partial charge in [-0.05, 0) is 48.4 Å². The molecule has 1 nitrogen and oxygen atoms in total. The Bertz CT molecular complexity index is 575. The van der Waals surface area contributed by atoms with E-state index < -0.39 is 0 Å². The van der Waals surface area contributed by atoms with Crippen LogP contribution in [0.3, 0.4) is 0 Å². The molecule has 0 atom stereocenters. The zero-order chi connectivity index (χ0) is 14.7. The van der Waals surface area contributed by atoms with Gasteiger partial charge in [-0.3, -0.25) is 4.99 Å². The quantitative estimate of drug-likeness (QED) is 0.651. The average molecular weight is 275 g/mol. The molecule has 0 aliphatic heterocycles. The molecular weight excluding hydrogens is 254 g/mol. The topological polar surface area (TPSA) is 12.4 Å². The van der Waals surface area contributed by atoms with E-state index in [1.807, 2.05) is 6.08 Å². The molecule has 21 heavy (non-hydrogen) atoms. The van der Waals surface area contributed by atoms with Gasteiger partial charge < -0.3 is 0 Å². The zero-order valence-corrected chi connectivity index (χ0v) is 12.4. The molecule has 1 aliphatic carbocycles. The standard InChI is InChI=1S/C20H21N/c1-3-16-6-8-17(9-7-16)20(14-4-5-15-20)18-10-12-19(21-2)13-11-18/h3,6-13H,1-2,4-5,14-15H2. The lowest BCUT2D eigenvalue weighted by Gasteiger charge is -2.30. The fourth-order valence-electron chi connectivity index (χ4n) is 3.55. The monoisotopic (exact) mass is 275 g/mol. The molecule has 106 valence electrons. The third-order valence-corrected chi connectivity index (χ3v) is 4.76. The minimum atomic E-state index is 0.166. The number of nitrogens with zero attached hydrogens (tertiary/aromatic N) is 1. The largest absolute Gasteiger partial charge is 0.265 e. The summed E-state index contributed by atoms with van der Waals surface area (Å²) in [6, 6.07) is 17.4. The van der Waals surface area contributed by atoms with E-state index >= 15 is 0 Å². The fraction of sp³-hybridized carbons (Fsp3) is 0.250. The Labute approximate surface area is 127 Å². The Morgan fingerprint density at radius 1 is 0.857 bits per heavy atom. The van der Waals surface area contributed by atoms with Crippen LogP contribution in [-0.4, -0.2) is 6.72 Å². The maximum absolute atomic E-state index is 4.00. The Morgan fingerprint density at radius 3 is 1.86 bits per heavy atom. The van der Waals surface area contributed by atoms with Crippen LogP contribution >= 0.6 is 0 Å². The molecule has 1 heteroatoms. The summed E-state index contributed by atoms with van der Waals surface area (Å²) in [5.74, 6) is 0. The molecule has 2 aromatic carbocycles. The van der Waals surface area contributed by atoms with Crippen molar-refractivity contribution in [1.82, 2.24) is 0 Å². The van der Waals surface area contributed by atoms with Gasteiger partial charge in [-0.2, -0.15) is 0 Å². The van der Waals surface area contributed by atoms with Gasteiger partial charge in [0.15, 0.2) is 0 Å². The van der Waals surface area contributed by atoms with Gasteiger partial charge in [-0.25, -0.2) is 0 Å². The van der Waals surface area contributed by atoms with Crippen molar-refractivity contribution >= 4 is 18.5 Å². The van der Waals surface area contributed by atoms with Gasteiger partial charge in [0, 0.05) is 5.41 Å². The lowest BCUT2D eigenvalue weighted by molar-refractivity contribution is 0.535. The highest BCUT2D eigenvalue weighted by atomic mass is 14.7. The van der Waals surface area contributed by atoms with E-state index in [4.69, 9.17) is 0 Å². The van der Waals surface area contributed by atoms with E-state index in [0.717, 1.165) is 5.69 Å². The molecule has 3 rings (SSSR count). The molecule has 2 aromatic rings. The first-order valence-electron chi connectivity index (χ1n) is 7.59. The van der Waals surface area contributed by atoms with Crippen LogP contribution in [0.25, 0.3) is 6.08 Å². The van der Waals surface area contributed by atoms with E-state index in [9.17, 15) is 0 Å². The van der Waals surface area contributed by atoms with Crippen LogP contribution < -0.4 is 0 Å². The number of benzene rings is 2. The summed E-state index contributed by atoms with van der Waals surface area (Å²) in [5, 5.41) is 0. The van der Waals surface area contributed by atoms with E-state index in [0.29, 0.717) is 0 Å². The van der Waals surface area contributed by atoms with Crippen LogP contribution in [0.15, 0.2) is 60.1 Å². The van der Waals surface area contributed by atoms with Crippen molar-refractivity contribution in [1.29, 1.82) is 0 Å². The molecule has 0 amide bonds. The van der Waals surface area contributed by atoms with Crippen molar-refractivity contribution in [3.05, 3.63) is 71.8 Å². The average Bonchev–Trinajstić information content (AvgIpc) is 3.06. The maximum Gasteiger partial charge on any atom is 0.0622 e. The molecule has 0 heterocycles. The third kappa shape index (κ3) is 2.44. The predicted molar refractivity (Wildman–Crippen MR) is 91.4 cm³/mol. The minimum absolute atomic E-state index is 0.166. The summed E-state index contributed by atoms with van der Waals surface area (Å²) in [5.41, 5.74) is 5.11. The van der Waals surface area contributed by atoms with Crippen molar-refractivity contribution in [2.45, 2.75) is 31.1 Å². The second-order valence-electron chi connectivity index (χ2n) is 5.82. The Kier molecular flexibility index (Phi) is 3.74. The minimum Gasteiger partial charge on any atom is -0.265 e. The first-order chi connectivity index (χ1) is 10.3. The molecule has 0 radical (unpaired) electrons. The molecule has 1 aliphatic rings. The van der Waals surface area contributed by atoms with Gasteiger partial charge in [0.1, 0.15) is 0 Å². The Morgan fingerprint density at radius 2 is 1.38 bits per heavy atom. The summed E-state index contributed by atoms with van der Waals surface area (Å²) >= 11 is 0. The van der Waals surface area contributed by atoms with Crippen LogP contribution in [0.4, 0.5) is 5.69 Å². The highest BCUT2D eigenvalue weighted by Crippen LogP contribution is 2.46. The van der Waals surface area contributed by atoms with Crippen LogP contribution in [-0.2, 0) is 5.41 Å². The maximum atomic E-state index is 4.00. The number of rotatable bonds is 4. The smallest absolute Gasteiger partial charge is 0.0622 e. The summed E-state index contributed by atoms with van der Waals surface area (Å²) in [7, 11) is 0. The second-order valence-corrected chi connectivity index (χ2v) is 5.82. The van der Waals surface area contributed by atoms with E-state index in [1.54, 1.807) is 0 Å². The Hall–Kier alpha value is -2.15. The zero-order valence-electron chi connectivity index (χ0n) is 12.4. The van der Waals surface area contributed by atoms with E-state index in [2.05, 4.69) is 66.8 Å². The van der Waals surface area contributed by atoms with Crippen molar-refractivity contribution < 1.29 is 0 Å². The number of aliphatic imine (C=N–C) groups is 1. The lowest BCUT2D eigenvalue weighted by atomic mass is 9.73. The summed E-state index contributed by atoms with van der Waals surface area (Å²) in [6.07, 6.45) is 6.94. The normalized spacial score (nSPS) is 16.6. The van der Waals surface area contributed by atoms with Crippen molar-refractivity contribution in [2.24, 2.45) is 4.99 Å². The molecule has 0 unspecified atom stereocenters. The molecular formula is C20H21N. The van der Waals surface area contributed by atoms with Gasteiger partial charge in [-0.15, -0.1) is 0 Å². The Balaban J connectivity index is 2.05. The van der Waals surface area contributed by atoms with Crippen LogP contribution in [0.2, 0.25) is 0 Å². The molecule has 0 saturated heterocycles. The number of hydrogen-bond donors (Lipinski definition) is 0. The first kappa shape index (κ1) is 13.8.